The van der Waals surface area contributed by atoms with Crippen LogP contribution in [0.25, 0.3) is 5.69 Å². The summed E-state index contributed by atoms with van der Waals surface area (Å²) in [4.78, 5) is 44.9. The minimum Gasteiger partial charge on any atom is -0.465 e. The minimum atomic E-state index is -1.13. The number of amides is 3. The first kappa shape index (κ1) is 29.4. The van der Waals surface area contributed by atoms with E-state index in [2.05, 4.69) is 10.3 Å². The third-order valence-electron chi connectivity index (χ3n) is 7.48. The van der Waals surface area contributed by atoms with E-state index in [0.717, 1.165) is 0 Å². The normalized spacial score (nSPS) is 21.9. The van der Waals surface area contributed by atoms with Gasteiger partial charge in [0.1, 0.15) is 11.5 Å². The van der Waals surface area contributed by atoms with Crippen molar-refractivity contribution in [1.82, 2.24) is 29.7 Å². The van der Waals surface area contributed by atoms with Gasteiger partial charge in [0.25, 0.3) is 5.91 Å². The van der Waals surface area contributed by atoms with Gasteiger partial charge in [0.2, 0.25) is 5.91 Å². The Morgan fingerprint density at radius 3 is 2.45 bits per heavy atom. The number of para-hydroxylation sites is 1. The maximum atomic E-state index is 14.4. The van der Waals surface area contributed by atoms with Gasteiger partial charge in [-0.2, -0.15) is 0 Å². The molecule has 2 aliphatic heterocycles. The number of nitrogens with zero attached hydrogens (tertiary/aromatic N) is 6. The Kier molecular flexibility index (Phi) is 8.77. The van der Waals surface area contributed by atoms with Gasteiger partial charge in [-0.15, -0.1) is 5.10 Å². The average Bonchev–Trinajstić information content (AvgIpc) is 3.40. The Hall–Kier alpha value is -3.54. The first-order chi connectivity index (χ1) is 18.9. The van der Waals surface area contributed by atoms with Crippen molar-refractivity contribution >= 4 is 17.9 Å². The summed E-state index contributed by atoms with van der Waals surface area (Å²) in [6, 6.07) is 4.87. The molecule has 1 aromatic heterocycles. The van der Waals surface area contributed by atoms with Crippen LogP contribution in [0.15, 0.2) is 30.5 Å². The number of carboxylic acid groups (broad SMARTS) is 1. The summed E-state index contributed by atoms with van der Waals surface area (Å²) in [5.74, 6) is -1.66. The Balaban J connectivity index is 1.73. The molecule has 0 bridgehead atoms. The number of rotatable bonds is 6. The lowest BCUT2D eigenvalue weighted by Crippen LogP contribution is -2.66. The maximum absolute atomic E-state index is 14.4. The Morgan fingerprint density at radius 1 is 1.18 bits per heavy atom. The molecular weight excluding hydrogens is 519 g/mol. The average molecular weight is 559 g/mol. The quantitative estimate of drug-likeness (QED) is 0.578. The van der Waals surface area contributed by atoms with Gasteiger partial charge in [-0.25, -0.2) is 13.9 Å². The zero-order valence-electron chi connectivity index (χ0n) is 23.8. The zero-order chi connectivity index (χ0) is 29.2. The lowest BCUT2D eigenvalue weighted by Gasteiger charge is -2.52. The first-order valence-corrected chi connectivity index (χ1v) is 13.7. The predicted octanol–water partition coefficient (Wildman–Crippen LogP) is 3.15. The van der Waals surface area contributed by atoms with Crippen LogP contribution in [-0.2, 0) is 9.53 Å². The standard InChI is InChI=1S/C28H39FN6O5/c1-18(2)15-33(26(37)21-17-35(31-30-21)22-9-7-6-8-20(22)29)23-14-19(25(36)32-10-12-40-13-11-32)16-34(27(38)39)24(23)28(3,4)5/h6-9,17-19,23-24H,10-16H2,1-5H3,(H,38,39)/t19-,23+,24?/m1/s1. The molecule has 2 fully saturated rings. The van der Waals surface area contributed by atoms with Crippen molar-refractivity contribution in [3.8, 4) is 5.69 Å². The molecule has 3 atom stereocenters. The Labute approximate surface area is 233 Å². The van der Waals surface area contributed by atoms with Crippen molar-refractivity contribution in [3.05, 3.63) is 42.0 Å². The van der Waals surface area contributed by atoms with E-state index in [-0.39, 0.29) is 29.8 Å². The van der Waals surface area contributed by atoms with Crippen molar-refractivity contribution in [2.45, 2.75) is 53.1 Å². The smallest absolute Gasteiger partial charge is 0.407 e. The second-order valence-electron chi connectivity index (χ2n) is 12.0. The fourth-order valence-corrected chi connectivity index (χ4v) is 5.84. The van der Waals surface area contributed by atoms with Gasteiger partial charge in [-0.3, -0.25) is 9.59 Å². The molecule has 2 saturated heterocycles. The maximum Gasteiger partial charge on any atom is 0.407 e. The molecule has 11 nitrogen and oxygen atoms in total. The van der Waals surface area contributed by atoms with Gasteiger partial charge in [0.15, 0.2) is 5.69 Å². The van der Waals surface area contributed by atoms with Crippen molar-refractivity contribution < 1.29 is 28.6 Å². The van der Waals surface area contributed by atoms with Crippen LogP contribution in [0.3, 0.4) is 0 Å². The molecule has 1 unspecified atom stereocenters. The van der Waals surface area contributed by atoms with Gasteiger partial charge >= 0.3 is 6.09 Å². The van der Waals surface area contributed by atoms with Gasteiger partial charge in [-0.1, -0.05) is 52.0 Å². The SMILES string of the molecule is CC(C)CN(C(=O)c1cn(-c2ccccc2F)nn1)[C@H]1C[C@@H](C(=O)N2CCOCC2)CN(C(=O)O)C1C(C)(C)C. The monoisotopic (exact) mass is 558 g/mol. The number of likely N-dealkylation sites (tertiary alicyclic amines) is 1. The predicted molar refractivity (Wildman–Crippen MR) is 144 cm³/mol. The summed E-state index contributed by atoms with van der Waals surface area (Å²) >= 11 is 0. The number of benzene rings is 1. The van der Waals surface area contributed by atoms with Crippen molar-refractivity contribution in [2.75, 3.05) is 39.4 Å². The molecule has 3 amide bonds. The number of hydrogen-bond acceptors (Lipinski definition) is 6. The summed E-state index contributed by atoms with van der Waals surface area (Å²) in [7, 11) is 0. The van der Waals surface area contributed by atoms with E-state index in [4.69, 9.17) is 4.74 Å². The molecule has 2 aliphatic rings. The third kappa shape index (κ3) is 6.27. The van der Waals surface area contributed by atoms with E-state index in [9.17, 15) is 23.9 Å². The van der Waals surface area contributed by atoms with Crippen molar-refractivity contribution in [1.29, 1.82) is 0 Å². The highest BCUT2D eigenvalue weighted by Crippen LogP contribution is 2.38. The second-order valence-corrected chi connectivity index (χ2v) is 12.0. The van der Waals surface area contributed by atoms with Crippen LogP contribution in [0, 0.1) is 23.1 Å². The van der Waals surface area contributed by atoms with Crippen LogP contribution < -0.4 is 0 Å². The van der Waals surface area contributed by atoms with E-state index < -0.39 is 41.2 Å². The van der Waals surface area contributed by atoms with Crippen LogP contribution in [0.4, 0.5) is 9.18 Å². The molecule has 12 heteroatoms. The first-order valence-electron chi connectivity index (χ1n) is 13.7. The highest BCUT2D eigenvalue weighted by atomic mass is 19.1. The number of carbonyl (C=O) groups excluding carboxylic acids is 2. The van der Waals surface area contributed by atoms with Gasteiger partial charge in [0.05, 0.1) is 37.4 Å². The van der Waals surface area contributed by atoms with Crippen LogP contribution in [0.1, 0.15) is 51.5 Å². The number of halogens is 1. The molecule has 0 aliphatic carbocycles. The summed E-state index contributed by atoms with van der Waals surface area (Å²) in [6.45, 7) is 11.9. The van der Waals surface area contributed by atoms with Gasteiger partial charge in [-0.05, 0) is 29.9 Å². The molecule has 0 spiro atoms. The molecule has 0 saturated carbocycles. The van der Waals surface area contributed by atoms with E-state index in [1.807, 2.05) is 34.6 Å². The second kappa shape index (κ2) is 11.9. The summed E-state index contributed by atoms with van der Waals surface area (Å²) < 4.78 is 21.0. The molecule has 2 aromatic rings. The Bertz CT molecular complexity index is 1220. The van der Waals surface area contributed by atoms with Gasteiger partial charge < -0.3 is 24.5 Å². The highest BCUT2D eigenvalue weighted by Gasteiger charge is 2.50. The van der Waals surface area contributed by atoms with Crippen molar-refractivity contribution in [2.24, 2.45) is 17.3 Å². The van der Waals surface area contributed by atoms with Crippen LogP contribution in [-0.4, -0.2) is 104 Å². The van der Waals surface area contributed by atoms with E-state index in [1.54, 1.807) is 21.9 Å². The molecule has 3 heterocycles. The van der Waals surface area contributed by atoms with E-state index >= 15 is 0 Å². The summed E-state index contributed by atoms with van der Waals surface area (Å²) in [5, 5.41) is 18.3. The number of morpholine rings is 1. The Morgan fingerprint density at radius 2 is 1.85 bits per heavy atom. The summed E-state index contributed by atoms with van der Waals surface area (Å²) in [6.07, 6.45) is 0.558. The summed E-state index contributed by atoms with van der Waals surface area (Å²) in [5.41, 5.74) is -0.376. The lowest BCUT2D eigenvalue weighted by molar-refractivity contribution is -0.144. The molecule has 1 N–H and O–H groups in total. The number of ether oxygens (including phenoxy) is 1. The number of hydrogen-bond donors (Lipinski definition) is 1. The largest absolute Gasteiger partial charge is 0.465 e. The van der Waals surface area contributed by atoms with Crippen LogP contribution >= 0.6 is 0 Å². The number of aromatic nitrogens is 3. The molecule has 0 radical (unpaired) electrons. The fraction of sp³-hybridized carbons (Fsp3) is 0.607. The minimum absolute atomic E-state index is 0.0140. The topological polar surface area (TPSA) is 121 Å². The van der Waals surface area contributed by atoms with Crippen LogP contribution in [0.2, 0.25) is 0 Å². The highest BCUT2D eigenvalue weighted by molar-refractivity contribution is 5.92. The van der Waals surface area contributed by atoms with E-state index in [1.165, 1.54) is 27.9 Å². The third-order valence-corrected chi connectivity index (χ3v) is 7.48. The van der Waals surface area contributed by atoms with E-state index in [0.29, 0.717) is 39.3 Å². The van der Waals surface area contributed by atoms with Crippen LogP contribution in [0.5, 0.6) is 0 Å². The zero-order valence-corrected chi connectivity index (χ0v) is 23.8. The lowest BCUT2D eigenvalue weighted by atomic mass is 9.74. The van der Waals surface area contributed by atoms with Crippen molar-refractivity contribution in [3.63, 3.8) is 0 Å². The molecule has 1 aromatic carbocycles. The molecule has 40 heavy (non-hydrogen) atoms. The molecular formula is C28H39FN6O5. The van der Waals surface area contributed by atoms with Gasteiger partial charge in [0, 0.05) is 26.2 Å². The number of piperidine rings is 1. The molecule has 218 valence electrons. The number of carbonyl (C=O) groups is 3. The molecule has 4 rings (SSSR count). The fourth-order valence-electron chi connectivity index (χ4n) is 5.84.